The molecule has 0 radical (unpaired) electrons. The van der Waals surface area contributed by atoms with Crippen molar-refractivity contribution in [3.05, 3.63) is 23.8 Å². The van der Waals surface area contributed by atoms with Crippen LogP contribution in [-0.2, 0) is 10.0 Å². The molecule has 0 unspecified atom stereocenters. The number of rotatable bonds is 4. The van der Waals surface area contributed by atoms with E-state index in [-0.39, 0.29) is 5.69 Å². The maximum Gasteiger partial charge on any atom is 0.246 e. The molecule has 0 bridgehead atoms. The summed E-state index contributed by atoms with van der Waals surface area (Å²) in [6.45, 7) is 2.76. The van der Waals surface area contributed by atoms with Gasteiger partial charge < -0.3 is 5.73 Å². The van der Waals surface area contributed by atoms with Crippen LogP contribution in [0.5, 0.6) is 0 Å². The number of halogens is 2. The molecule has 1 aromatic rings. The average molecular weight is 318 g/mol. The van der Waals surface area contributed by atoms with Crippen molar-refractivity contribution in [3.8, 4) is 0 Å². The van der Waals surface area contributed by atoms with Crippen molar-refractivity contribution in [2.24, 2.45) is 5.92 Å². The number of nitrogens with two attached hydrogens (primary N) is 1. The molecule has 1 fully saturated rings. The molecule has 21 heavy (non-hydrogen) atoms. The number of sulfonamides is 1. The Bertz CT molecular complexity index is 612. The Kier molecular flexibility index (Phi) is 4.83. The van der Waals surface area contributed by atoms with Gasteiger partial charge in [0.1, 0.15) is 4.90 Å². The van der Waals surface area contributed by atoms with Crippen LogP contribution in [0.2, 0.25) is 0 Å². The zero-order valence-corrected chi connectivity index (χ0v) is 12.8. The van der Waals surface area contributed by atoms with Crippen LogP contribution in [0.25, 0.3) is 0 Å². The standard InChI is InChI=1S/C14H20F2N2O2S/c1-2-3-10-4-6-18(7-5-10)21(19,20)13-9-11(17)8-12(15)14(13)16/h8-10H,2-7,17H2,1H3. The van der Waals surface area contributed by atoms with Crippen molar-refractivity contribution in [1.82, 2.24) is 4.31 Å². The predicted molar refractivity (Wildman–Crippen MR) is 77.2 cm³/mol. The molecule has 0 amide bonds. The normalized spacial score (nSPS) is 18.0. The first-order valence-corrected chi connectivity index (χ1v) is 8.55. The Labute approximate surface area is 124 Å². The van der Waals surface area contributed by atoms with E-state index in [1.165, 1.54) is 4.31 Å². The van der Waals surface area contributed by atoms with Crippen molar-refractivity contribution in [2.45, 2.75) is 37.5 Å². The molecule has 0 saturated carbocycles. The van der Waals surface area contributed by atoms with E-state index in [0.29, 0.717) is 19.0 Å². The highest BCUT2D eigenvalue weighted by atomic mass is 32.2. The molecule has 2 rings (SSSR count). The van der Waals surface area contributed by atoms with E-state index in [2.05, 4.69) is 6.92 Å². The topological polar surface area (TPSA) is 63.4 Å². The minimum atomic E-state index is -4.04. The van der Waals surface area contributed by atoms with E-state index in [9.17, 15) is 17.2 Å². The van der Waals surface area contributed by atoms with Gasteiger partial charge in [-0.05, 0) is 30.9 Å². The second-order valence-electron chi connectivity index (χ2n) is 5.45. The quantitative estimate of drug-likeness (QED) is 0.868. The van der Waals surface area contributed by atoms with Gasteiger partial charge in [-0.15, -0.1) is 0 Å². The van der Waals surface area contributed by atoms with E-state index in [0.717, 1.165) is 37.8 Å². The Morgan fingerprint density at radius 1 is 1.29 bits per heavy atom. The molecule has 1 aliphatic rings. The number of nitrogen functional groups attached to an aromatic ring is 1. The minimum Gasteiger partial charge on any atom is -0.399 e. The Balaban J connectivity index is 2.24. The fraction of sp³-hybridized carbons (Fsp3) is 0.571. The zero-order chi connectivity index (χ0) is 15.6. The Hall–Kier alpha value is -1.21. The molecule has 7 heteroatoms. The van der Waals surface area contributed by atoms with E-state index in [1.807, 2.05) is 0 Å². The number of piperidine rings is 1. The molecule has 2 N–H and O–H groups in total. The smallest absolute Gasteiger partial charge is 0.246 e. The van der Waals surface area contributed by atoms with Crippen molar-refractivity contribution in [2.75, 3.05) is 18.8 Å². The first-order chi connectivity index (χ1) is 9.86. The van der Waals surface area contributed by atoms with Gasteiger partial charge in [-0.2, -0.15) is 4.31 Å². The van der Waals surface area contributed by atoms with Crippen molar-refractivity contribution < 1.29 is 17.2 Å². The maximum atomic E-state index is 13.8. The SMILES string of the molecule is CCCC1CCN(S(=O)(=O)c2cc(N)cc(F)c2F)CC1. The van der Waals surface area contributed by atoms with Crippen molar-refractivity contribution in [3.63, 3.8) is 0 Å². The predicted octanol–water partition coefficient (Wildman–Crippen LogP) is 2.75. The van der Waals surface area contributed by atoms with Gasteiger partial charge in [-0.3, -0.25) is 0 Å². The lowest BCUT2D eigenvalue weighted by atomic mass is 9.94. The van der Waals surface area contributed by atoms with Crippen LogP contribution in [0.15, 0.2) is 17.0 Å². The van der Waals surface area contributed by atoms with E-state index < -0.39 is 26.6 Å². The van der Waals surface area contributed by atoms with Crippen LogP contribution in [-0.4, -0.2) is 25.8 Å². The third-order valence-corrected chi connectivity index (χ3v) is 5.80. The molecule has 1 aromatic carbocycles. The molecule has 0 spiro atoms. The highest BCUT2D eigenvalue weighted by Crippen LogP contribution is 2.29. The monoisotopic (exact) mass is 318 g/mol. The fourth-order valence-corrected chi connectivity index (χ4v) is 4.34. The van der Waals surface area contributed by atoms with Gasteiger partial charge in [0.05, 0.1) is 0 Å². The number of hydrogen-bond donors (Lipinski definition) is 1. The Morgan fingerprint density at radius 2 is 1.90 bits per heavy atom. The highest BCUT2D eigenvalue weighted by Gasteiger charge is 2.32. The molecule has 1 heterocycles. The summed E-state index contributed by atoms with van der Waals surface area (Å²) in [4.78, 5) is -0.672. The largest absolute Gasteiger partial charge is 0.399 e. The summed E-state index contributed by atoms with van der Waals surface area (Å²) in [6, 6.07) is 1.76. The summed E-state index contributed by atoms with van der Waals surface area (Å²) < 4.78 is 53.3. The van der Waals surface area contributed by atoms with Gasteiger partial charge >= 0.3 is 0 Å². The second-order valence-corrected chi connectivity index (χ2v) is 7.36. The zero-order valence-electron chi connectivity index (χ0n) is 12.0. The van der Waals surface area contributed by atoms with E-state index >= 15 is 0 Å². The third-order valence-electron chi connectivity index (χ3n) is 3.91. The number of anilines is 1. The highest BCUT2D eigenvalue weighted by molar-refractivity contribution is 7.89. The molecular weight excluding hydrogens is 298 g/mol. The van der Waals surface area contributed by atoms with Gasteiger partial charge in [0.2, 0.25) is 10.0 Å². The van der Waals surface area contributed by atoms with Crippen LogP contribution in [0, 0.1) is 17.6 Å². The van der Waals surface area contributed by atoms with Gasteiger partial charge in [0.25, 0.3) is 0 Å². The summed E-state index contributed by atoms with van der Waals surface area (Å²) in [5.74, 6) is -2.10. The number of hydrogen-bond acceptors (Lipinski definition) is 3. The van der Waals surface area contributed by atoms with Crippen LogP contribution >= 0.6 is 0 Å². The van der Waals surface area contributed by atoms with E-state index in [4.69, 9.17) is 5.73 Å². The van der Waals surface area contributed by atoms with Crippen LogP contribution in [0.4, 0.5) is 14.5 Å². The van der Waals surface area contributed by atoms with E-state index in [1.54, 1.807) is 0 Å². The summed E-state index contributed by atoms with van der Waals surface area (Å²) in [5, 5.41) is 0. The molecule has 118 valence electrons. The van der Waals surface area contributed by atoms with Gasteiger partial charge in [0, 0.05) is 18.8 Å². The summed E-state index contributed by atoms with van der Waals surface area (Å²) in [7, 11) is -4.04. The second kappa shape index (κ2) is 6.27. The lowest BCUT2D eigenvalue weighted by Crippen LogP contribution is -2.38. The molecule has 0 atom stereocenters. The first-order valence-electron chi connectivity index (χ1n) is 7.11. The number of nitrogens with zero attached hydrogens (tertiary/aromatic N) is 1. The fourth-order valence-electron chi connectivity index (χ4n) is 2.76. The van der Waals surface area contributed by atoms with Crippen LogP contribution in [0.1, 0.15) is 32.6 Å². The maximum absolute atomic E-state index is 13.8. The molecular formula is C14H20F2N2O2S. The van der Waals surface area contributed by atoms with Gasteiger partial charge in [-0.25, -0.2) is 17.2 Å². The summed E-state index contributed by atoms with van der Waals surface area (Å²) in [6.07, 6.45) is 3.63. The van der Waals surface area contributed by atoms with Gasteiger partial charge in [-0.1, -0.05) is 19.8 Å². The molecule has 4 nitrogen and oxygen atoms in total. The Morgan fingerprint density at radius 3 is 2.48 bits per heavy atom. The lowest BCUT2D eigenvalue weighted by molar-refractivity contribution is 0.261. The third kappa shape index (κ3) is 3.35. The molecule has 0 aromatic heterocycles. The van der Waals surface area contributed by atoms with Gasteiger partial charge in [0.15, 0.2) is 11.6 Å². The minimum absolute atomic E-state index is 0.103. The summed E-state index contributed by atoms with van der Waals surface area (Å²) >= 11 is 0. The molecule has 1 aliphatic heterocycles. The van der Waals surface area contributed by atoms with Crippen LogP contribution in [0.3, 0.4) is 0 Å². The van der Waals surface area contributed by atoms with Crippen molar-refractivity contribution >= 4 is 15.7 Å². The number of benzene rings is 1. The summed E-state index contributed by atoms with van der Waals surface area (Å²) in [5.41, 5.74) is 5.32. The first kappa shape index (κ1) is 16.2. The molecule has 0 aliphatic carbocycles. The average Bonchev–Trinajstić information content (AvgIpc) is 2.43. The lowest BCUT2D eigenvalue weighted by Gasteiger charge is -2.31. The van der Waals surface area contributed by atoms with Crippen LogP contribution < -0.4 is 5.73 Å². The van der Waals surface area contributed by atoms with Crippen molar-refractivity contribution in [1.29, 1.82) is 0 Å². The molecule has 1 saturated heterocycles.